The molecule has 3 aromatic carbocycles. The fraction of sp³-hybridized carbons (Fsp3) is 0.125. The molecule has 0 spiro atoms. The normalized spacial score (nSPS) is 14.4. The predicted octanol–water partition coefficient (Wildman–Crippen LogP) is 5.18. The summed E-state index contributed by atoms with van der Waals surface area (Å²) in [4.78, 5) is 12.9. The third kappa shape index (κ3) is 5.01. The number of hydrogen-bond donors (Lipinski definition) is 1. The van der Waals surface area contributed by atoms with Crippen LogP contribution in [0.25, 0.3) is 6.08 Å². The van der Waals surface area contributed by atoms with Gasteiger partial charge < -0.3 is 14.8 Å². The molecule has 11 heteroatoms. The van der Waals surface area contributed by atoms with Crippen molar-refractivity contribution in [2.75, 3.05) is 19.5 Å². The van der Waals surface area contributed by atoms with Crippen LogP contribution in [0.15, 0.2) is 63.2 Å². The van der Waals surface area contributed by atoms with Crippen LogP contribution in [-0.2, 0) is 20.4 Å². The molecule has 0 aliphatic carbocycles. The Kier molecular flexibility index (Phi) is 6.82. The van der Waals surface area contributed by atoms with Crippen molar-refractivity contribution in [3.63, 3.8) is 0 Å². The largest absolute Gasteiger partial charge is 0.496 e. The van der Waals surface area contributed by atoms with Gasteiger partial charge >= 0.3 is 0 Å². The van der Waals surface area contributed by atoms with Gasteiger partial charge in [0, 0.05) is 22.6 Å². The van der Waals surface area contributed by atoms with E-state index in [9.17, 15) is 26.4 Å². The number of thioether (sulfide) groups is 1. The van der Waals surface area contributed by atoms with Crippen molar-refractivity contribution >= 4 is 39.3 Å². The quantitative estimate of drug-likeness (QED) is 0.450. The zero-order valence-corrected chi connectivity index (χ0v) is 20.0. The molecule has 3 aromatic rings. The monoisotopic (exact) mass is 521 g/mol. The lowest BCUT2D eigenvalue weighted by atomic mass is 10.1. The Bertz CT molecular complexity index is 1430. The van der Waals surface area contributed by atoms with Gasteiger partial charge in [0.25, 0.3) is 5.91 Å². The first-order valence-electron chi connectivity index (χ1n) is 10.0. The van der Waals surface area contributed by atoms with Crippen LogP contribution < -0.4 is 14.8 Å². The van der Waals surface area contributed by atoms with Gasteiger partial charge in [0.1, 0.15) is 29.0 Å². The fourth-order valence-electron chi connectivity index (χ4n) is 3.50. The SMILES string of the molecule is COc1cccc(OC)c1CS(=O)(=O)c1ccc2c(c1)NC(=O)C(=Cc1c(F)cc(F)cc1F)S2. The number of benzene rings is 3. The molecule has 0 saturated carbocycles. The molecule has 1 heterocycles. The van der Waals surface area contributed by atoms with Gasteiger partial charge in [-0.15, -0.1) is 0 Å². The maximum Gasteiger partial charge on any atom is 0.262 e. The number of nitrogens with one attached hydrogen (secondary N) is 1. The highest BCUT2D eigenvalue weighted by Gasteiger charge is 2.26. The van der Waals surface area contributed by atoms with Crippen molar-refractivity contribution in [1.29, 1.82) is 0 Å². The van der Waals surface area contributed by atoms with Gasteiger partial charge in [0.2, 0.25) is 0 Å². The molecule has 6 nitrogen and oxygen atoms in total. The second-order valence-corrected chi connectivity index (χ2v) is 10.5. The molecule has 1 aliphatic rings. The molecule has 0 aromatic heterocycles. The Hall–Kier alpha value is -3.44. The van der Waals surface area contributed by atoms with Gasteiger partial charge in [0.05, 0.1) is 41.0 Å². The van der Waals surface area contributed by atoms with E-state index >= 15 is 0 Å². The summed E-state index contributed by atoms with van der Waals surface area (Å²) in [6.07, 6.45) is 0.978. The summed E-state index contributed by atoms with van der Waals surface area (Å²) in [6, 6.07) is 10.1. The van der Waals surface area contributed by atoms with E-state index in [0.717, 1.165) is 17.8 Å². The molecule has 1 N–H and O–H groups in total. The van der Waals surface area contributed by atoms with Crippen LogP contribution in [0.1, 0.15) is 11.1 Å². The summed E-state index contributed by atoms with van der Waals surface area (Å²) in [5, 5.41) is 2.54. The molecular formula is C24H18F3NO5S2. The number of carbonyl (C=O) groups excluding carboxylic acids is 1. The van der Waals surface area contributed by atoms with Crippen LogP contribution in [0.5, 0.6) is 11.5 Å². The first-order chi connectivity index (χ1) is 16.6. The lowest BCUT2D eigenvalue weighted by molar-refractivity contribution is -0.112. The van der Waals surface area contributed by atoms with Crippen molar-refractivity contribution in [2.24, 2.45) is 0 Å². The van der Waals surface area contributed by atoms with Gasteiger partial charge in [-0.05, 0) is 36.4 Å². The van der Waals surface area contributed by atoms with Crippen molar-refractivity contribution in [3.05, 3.63) is 82.0 Å². The van der Waals surface area contributed by atoms with Crippen molar-refractivity contribution in [3.8, 4) is 11.5 Å². The lowest BCUT2D eigenvalue weighted by Crippen LogP contribution is -2.18. The summed E-state index contributed by atoms with van der Waals surface area (Å²) in [7, 11) is -1.03. The van der Waals surface area contributed by atoms with Crippen LogP contribution in [0.3, 0.4) is 0 Å². The zero-order valence-electron chi connectivity index (χ0n) is 18.4. The minimum atomic E-state index is -3.88. The highest BCUT2D eigenvalue weighted by Crippen LogP contribution is 2.41. The number of fused-ring (bicyclic) bond motifs is 1. The van der Waals surface area contributed by atoms with Crippen LogP contribution in [0.2, 0.25) is 0 Å². The average molecular weight is 522 g/mol. The summed E-state index contributed by atoms with van der Waals surface area (Å²) >= 11 is 0.904. The van der Waals surface area contributed by atoms with Gasteiger partial charge in [-0.3, -0.25) is 4.79 Å². The second kappa shape index (κ2) is 9.67. The number of carbonyl (C=O) groups is 1. The molecule has 0 bridgehead atoms. The number of sulfone groups is 1. The Morgan fingerprint density at radius 1 is 0.971 bits per heavy atom. The summed E-state index contributed by atoms with van der Waals surface area (Å²) in [5.41, 5.74) is 0.0184. The number of methoxy groups -OCH3 is 2. The van der Waals surface area contributed by atoms with Crippen LogP contribution in [-0.4, -0.2) is 28.5 Å². The van der Waals surface area contributed by atoms with E-state index in [1.807, 2.05) is 0 Å². The topological polar surface area (TPSA) is 81.7 Å². The average Bonchev–Trinajstić information content (AvgIpc) is 2.81. The third-order valence-electron chi connectivity index (χ3n) is 5.19. The van der Waals surface area contributed by atoms with Gasteiger partial charge in [0.15, 0.2) is 9.84 Å². The van der Waals surface area contributed by atoms with Crippen molar-refractivity contribution in [1.82, 2.24) is 0 Å². The van der Waals surface area contributed by atoms with E-state index in [1.54, 1.807) is 18.2 Å². The molecule has 182 valence electrons. The summed E-state index contributed by atoms with van der Waals surface area (Å²) in [6.45, 7) is 0. The molecular weight excluding hydrogens is 503 g/mol. The molecule has 1 amide bonds. The van der Waals surface area contributed by atoms with E-state index in [0.29, 0.717) is 34.1 Å². The number of ether oxygens (including phenoxy) is 2. The zero-order chi connectivity index (χ0) is 25.3. The molecule has 0 unspecified atom stereocenters. The van der Waals surface area contributed by atoms with E-state index < -0.39 is 44.5 Å². The van der Waals surface area contributed by atoms with Gasteiger partial charge in [-0.2, -0.15) is 0 Å². The number of halogens is 3. The summed E-state index contributed by atoms with van der Waals surface area (Å²) in [5.74, 6) is -3.77. The molecule has 0 radical (unpaired) electrons. The maximum absolute atomic E-state index is 14.0. The molecule has 0 saturated heterocycles. The molecule has 0 fully saturated rings. The smallest absolute Gasteiger partial charge is 0.262 e. The van der Waals surface area contributed by atoms with Crippen molar-refractivity contribution in [2.45, 2.75) is 15.5 Å². The molecule has 4 rings (SSSR count). The highest BCUT2D eigenvalue weighted by atomic mass is 32.2. The van der Waals surface area contributed by atoms with Gasteiger partial charge in [-0.1, -0.05) is 17.8 Å². The van der Waals surface area contributed by atoms with Crippen LogP contribution in [0.4, 0.5) is 18.9 Å². The maximum atomic E-state index is 14.0. The number of amides is 1. The Labute approximate surface area is 203 Å². The van der Waals surface area contributed by atoms with Crippen LogP contribution >= 0.6 is 11.8 Å². The lowest BCUT2D eigenvalue weighted by Gasteiger charge is -2.20. The van der Waals surface area contributed by atoms with Gasteiger partial charge in [-0.25, -0.2) is 21.6 Å². The standard InChI is InChI=1S/C24H18F3NO5S2/c1-32-20-4-3-5-21(33-2)16(20)12-35(30,31)14-6-7-22-19(10-14)28-24(29)23(34-22)11-15-17(26)8-13(25)9-18(15)27/h3-11H,12H2,1-2H3,(H,28,29). The summed E-state index contributed by atoms with van der Waals surface area (Å²) < 4.78 is 78.0. The Balaban J connectivity index is 1.65. The number of hydrogen-bond acceptors (Lipinski definition) is 6. The minimum absolute atomic E-state index is 0.0451. The van der Waals surface area contributed by atoms with E-state index in [-0.39, 0.29) is 15.5 Å². The van der Waals surface area contributed by atoms with Crippen molar-refractivity contribution < 1.29 is 35.9 Å². The molecule has 1 aliphatic heterocycles. The predicted molar refractivity (Wildman–Crippen MR) is 126 cm³/mol. The second-order valence-electron chi connectivity index (χ2n) is 7.41. The number of rotatable bonds is 6. The number of anilines is 1. The molecule has 35 heavy (non-hydrogen) atoms. The minimum Gasteiger partial charge on any atom is -0.496 e. The van der Waals surface area contributed by atoms with E-state index in [4.69, 9.17) is 9.47 Å². The van der Waals surface area contributed by atoms with Crippen LogP contribution in [0, 0.1) is 17.5 Å². The first-order valence-corrected chi connectivity index (χ1v) is 12.5. The first kappa shape index (κ1) is 24.7. The van der Waals surface area contributed by atoms with E-state index in [2.05, 4.69) is 5.32 Å². The Morgan fingerprint density at radius 3 is 2.20 bits per heavy atom. The highest BCUT2D eigenvalue weighted by molar-refractivity contribution is 8.04. The Morgan fingerprint density at radius 2 is 1.60 bits per heavy atom. The third-order valence-corrected chi connectivity index (χ3v) is 7.93. The molecule has 0 atom stereocenters. The fourth-order valence-corrected chi connectivity index (χ4v) is 5.82. The van der Waals surface area contributed by atoms with E-state index in [1.165, 1.54) is 32.4 Å².